The molecular weight excluding hydrogens is 210 g/mol. The molecule has 1 atom stereocenters. The van der Waals surface area contributed by atoms with Crippen LogP contribution < -0.4 is 0 Å². The average Bonchev–Trinajstić information content (AvgIpc) is 2.58. The minimum Gasteiger partial charge on any atom is -0.384 e. The van der Waals surface area contributed by atoms with Crippen LogP contribution in [0.4, 0.5) is 0 Å². The molecule has 1 aromatic carbocycles. The highest BCUT2D eigenvalue weighted by molar-refractivity contribution is 5.32. The molecule has 1 N–H and O–H groups in total. The Balaban J connectivity index is 1.87. The molecule has 1 saturated carbocycles. The van der Waals surface area contributed by atoms with E-state index in [1.807, 2.05) is 0 Å². The molecule has 2 heteroatoms. The first-order valence-electron chi connectivity index (χ1n) is 6.69. The third-order valence-electron chi connectivity index (χ3n) is 4.44. The van der Waals surface area contributed by atoms with Gasteiger partial charge in [0, 0.05) is 13.1 Å². The van der Waals surface area contributed by atoms with Gasteiger partial charge in [-0.2, -0.15) is 0 Å². The SMILES string of the molecule is CN1CCC(O)(c2cccc(C3CCC3)c2)C1. The van der Waals surface area contributed by atoms with Gasteiger partial charge in [0.2, 0.25) is 0 Å². The number of hydrogen-bond donors (Lipinski definition) is 1. The van der Waals surface area contributed by atoms with Gasteiger partial charge >= 0.3 is 0 Å². The van der Waals surface area contributed by atoms with Crippen molar-refractivity contribution in [3.63, 3.8) is 0 Å². The predicted octanol–water partition coefficient (Wildman–Crippen LogP) is 2.48. The van der Waals surface area contributed by atoms with Crippen LogP contribution in [0.5, 0.6) is 0 Å². The minimum atomic E-state index is -0.617. The lowest BCUT2D eigenvalue weighted by molar-refractivity contribution is 0.0487. The first-order valence-corrected chi connectivity index (χ1v) is 6.69. The fourth-order valence-corrected chi connectivity index (χ4v) is 3.04. The molecular formula is C15H21NO. The van der Waals surface area contributed by atoms with Crippen molar-refractivity contribution >= 4 is 0 Å². The maximum Gasteiger partial charge on any atom is 0.103 e. The molecule has 0 bridgehead atoms. The molecule has 1 aliphatic carbocycles. The van der Waals surface area contributed by atoms with E-state index in [0.29, 0.717) is 0 Å². The van der Waals surface area contributed by atoms with E-state index in [1.165, 1.54) is 24.8 Å². The van der Waals surface area contributed by atoms with E-state index in [4.69, 9.17) is 0 Å². The number of likely N-dealkylation sites (tertiary alicyclic amines) is 1. The lowest BCUT2D eigenvalue weighted by Gasteiger charge is -2.28. The molecule has 3 rings (SSSR count). The molecule has 1 aromatic rings. The Morgan fingerprint density at radius 3 is 2.76 bits per heavy atom. The van der Waals surface area contributed by atoms with Crippen LogP contribution in [0.3, 0.4) is 0 Å². The maximum absolute atomic E-state index is 10.7. The summed E-state index contributed by atoms with van der Waals surface area (Å²) in [5.41, 5.74) is 1.93. The number of likely N-dealkylation sites (N-methyl/N-ethyl adjacent to an activating group) is 1. The van der Waals surface area contributed by atoms with Crippen LogP contribution in [0.1, 0.15) is 42.7 Å². The molecule has 0 spiro atoms. The van der Waals surface area contributed by atoms with Crippen molar-refractivity contribution in [2.45, 2.75) is 37.2 Å². The summed E-state index contributed by atoms with van der Waals surface area (Å²) in [5.74, 6) is 0.748. The van der Waals surface area contributed by atoms with Crippen LogP contribution in [0.2, 0.25) is 0 Å². The zero-order chi connectivity index (χ0) is 11.9. The molecule has 1 saturated heterocycles. The highest BCUT2D eigenvalue weighted by Gasteiger charge is 2.36. The highest BCUT2D eigenvalue weighted by Crippen LogP contribution is 2.38. The Morgan fingerprint density at radius 2 is 2.18 bits per heavy atom. The Labute approximate surface area is 103 Å². The molecule has 1 heterocycles. The summed E-state index contributed by atoms with van der Waals surface area (Å²) in [6, 6.07) is 8.65. The third-order valence-corrected chi connectivity index (χ3v) is 4.44. The van der Waals surface area contributed by atoms with Gasteiger partial charge in [-0.3, -0.25) is 0 Å². The Kier molecular flexibility index (Phi) is 2.72. The molecule has 2 fully saturated rings. The van der Waals surface area contributed by atoms with E-state index >= 15 is 0 Å². The van der Waals surface area contributed by atoms with E-state index < -0.39 is 5.60 Å². The van der Waals surface area contributed by atoms with Gasteiger partial charge in [0.25, 0.3) is 0 Å². The van der Waals surface area contributed by atoms with E-state index in [9.17, 15) is 5.11 Å². The van der Waals surface area contributed by atoms with Gasteiger partial charge < -0.3 is 10.0 Å². The fourth-order valence-electron chi connectivity index (χ4n) is 3.04. The van der Waals surface area contributed by atoms with Gasteiger partial charge in [0.15, 0.2) is 0 Å². The molecule has 2 aliphatic rings. The average molecular weight is 231 g/mol. The monoisotopic (exact) mass is 231 g/mol. The summed E-state index contributed by atoms with van der Waals surface area (Å²) in [5, 5.41) is 10.7. The lowest BCUT2D eigenvalue weighted by atomic mass is 9.78. The summed E-state index contributed by atoms with van der Waals surface area (Å²) in [7, 11) is 2.08. The molecule has 1 aliphatic heterocycles. The van der Waals surface area contributed by atoms with E-state index in [-0.39, 0.29) is 0 Å². The van der Waals surface area contributed by atoms with Gasteiger partial charge in [-0.25, -0.2) is 0 Å². The number of nitrogens with zero attached hydrogens (tertiary/aromatic N) is 1. The van der Waals surface area contributed by atoms with Gasteiger partial charge in [0.05, 0.1) is 0 Å². The number of aliphatic hydroxyl groups is 1. The van der Waals surface area contributed by atoms with Crippen molar-refractivity contribution in [2.24, 2.45) is 0 Å². The second-order valence-electron chi connectivity index (χ2n) is 5.77. The number of hydrogen-bond acceptors (Lipinski definition) is 2. The van der Waals surface area contributed by atoms with Crippen LogP contribution in [0, 0.1) is 0 Å². The number of β-amino-alcohol motifs (C(OH)–C–C–N with tert-alkyl or cyclic N) is 1. The van der Waals surface area contributed by atoms with Crippen molar-refractivity contribution in [1.82, 2.24) is 4.90 Å². The van der Waals surface area contributed by atoms with Crippen molar-refractivity contribution in [2.75, 3.05) is 20.1 Å². The molecule has 0 aromatic heterocycles. The summed E-state index contributed by atoms with van der Waals surface area (Å²) in [6.07, 6.45) is 4.86. The fraction of sp³-hybridized carbons (Fsp3) is 0.600. The first kappa shape index (κ1) is 11.2. The summed E-state index contributed by atoms with van der Waals surface area (Å²) < 4.78 is 0. The van der Waals surface area contributed by atoms with Crippen molar-refractivity contribution in [1.29, 1.82) is 0 Å². The van der Waals surface area contributed by atoms with Crippen LogP contribution in [-0.2, 0) is 5.60 Å². The number of benzene rings is 1. The largest absolute Gasteiger partial charge is 0.384 e. The molecule has 0 amide bonds. The van der Waals surface area contributed by atoms with E-state index in [2.05, 4.69) is 36.2 Å². The van der Waals surface area contributed by atoms with Crippen molar-refractivity contribution < 1.29 is 5.11 Å². The second-order valence-corrected chi connectivity index (χ2v) is 5.77. The zero-order valence-electron chi connectivity index (χ0n) is 10.5. The maximum atomic E-state index is 10.7. The van der Waals surface area contributed by atoms with Crippen LogP contribution in [-0.4, -0.2) is 30.1 Å². The molecule has 0 radical (unpaired) electrons. The normalized spacial score (nSPS) is 30.5. The highest BCUT2D eigenvalue weighted by atomic mass is 16.3. The molecule has 2 nitrogen and oxygen atoms in total. The summed E-state index contributed by atoms with van der Waals surface area (Å²) in [4.78, 5) is 2.20. The van der Waals surface area contributed by atoms with Gasteiger partial charge in [-0.1, -0.05) is 30.7 Å². The van der Waals surface area contributed by atoms with Crippen LogP contribution in [0.15, 0.2) is 24.3 Å². The first-order chi connectivity index (χ1) is 8.17. The van der Waals surface area contributed by atoms with Crippen molar-refractivity contribution in [3.8, 4) is 0 Å². The molecule has 92 valence electrons. The third kappa shape index (κ3) is 2.00. The van der Waals surface area contributed by atoms with Gasteiger partial charge in [-0.05, 0) is 43.4 Å². The molecule has 1 unspecified atom stereocenters. The summed E-state index contributed by atoms with van der Waals surface area (Å²) in [6.45, 7) is 1.76. The number of rotatable bonds is 2. The van der Waals surface area contributed by atoms with Crippen molar-refractivity contribution in [3.05, 3.63) is 35.4 Å². The topological polar surface area (TPSA) is 23.5 Å². The Hall–Kier alpha value is -0.860. The predicted molar refractivity (Wildman–Crippen MR) is 69.0 cm³/mol. The van der Waals surface area contributed by atoms with Gasteiger partial charge in [-0.15, -0.1) is 0 Å². The standard InChI is InChI=1S/C15H21NO/c1-16-9-8-15(17,11-16)14-7-3-6-13(10-14)12-4-2-5-12/h3,6-7,10,12,17H,2,4-5,8-9,11H2,1H3. The second kappa shape index (κ2) is 4.11. The Morgan fingerprint density at radius 1 is 1.35 bits per heavy atom. The molecule has 17 heavy (non-hydrogen) atoms. The summed E-state index contributed by atoms with van der Waals surface area (Å²) >= 11 is 0. The van der Waals surface area contributed by atoms with E-state index in [1.54, 1.807) is 0 Å². The smallest absolute Gasteiger partial charge is 0.103 e. The van der Waals surface area contributed by atoms with E-state index in [0.717, 1.165) is 31.0 Å². The minimum absolute atomic E-state index is 0.617. The van der Waals surface area contributed by atoms with Crippen LogP contribution in [0.25, 0.3) is 0 Å². The lowest BCUT2D eigenvalue weighted by Crippen LogP contribution is -2.29. The quantitative estimate of drug-likeness (QED) is 0.845. The van der Waals surface area contributed by atoms with Gasteiger partial charge in [0.1, 0.15) is 5.60 Å². The Bertz CT molecular complexity index is 413. The zero-order valence-corrected chi connectivity index (χ0v) is 10.5. The van der Waals surface area contributed by atoms with Crippen LogP contribution >= 0.6 is 0 Å².